The van der Waals surface area contributed by atoms with Gasteiger partial charge in [-0.3, -0.25) is 4.79 Å². The van der Waals surface area contributed by atoms with Gasteiger partial charge in [0.1, 0.15) is 17.8 Å². The summed E-state index contributed by atoms with van der Waals surface area (Å²) in [6.07, 6.45) is -3.33. The number of nitrogens with one attached hydrogen (secondary N) is 1. The van der Waals surface area contributed by atoms with Gasteiger partial charge in [-0.1, -0.05) is 0 Å². The molecule has 0 aliphatic carbocycles. The molecule has 1 aromatic rings. The number of carbonyl (C=O) groups is 1. The van der Waals surface area contributed by atoms with E-state index in [1.165, 1.54) is 0 Å². The zero-order valence-corrected chi connectivity index (χ0v) is 8.33. The Hall–Kier alpha value is -1.73. The first kappa shape index (κ1) is 11.7. The smallest absolute Gasteiger partial charge is 0.344 e. The zero-order valence-electron chi connectivity index (χ0n) is 8.33. The summed E-state index contributed by atoms with van der Waals surface area (Å²) in [6, 6.07) is -1.89. The number of amides is 1. The van der Waals surface area contributed by atoms with Crippen molar-refractivity contribution in [3.05, 3.63) is 24.0 Å². The van der Waals surface area contributed by atoms with Gasteiger partial charge in [0.2, 0.25) is 5.91 Å². The molecule has 92 valence electrons. The molecule has 1 amide bonds. The second kappa shape index (κ2) is 3.94. The Morgan fingerprint density at radius 1 is 1.29 bits per heavy atom. The Labute approximate surface area is 93.1 Å². The molecule has 2 rings (SSSR count). The molecule has 0 bridgehead atoms. The van der Waals surface area contributed by atoms with Crippen LogP contribution in [-0.2, 0) is 4.79 Å². The maximum absolute atomic E-state index is 12.5. The van der Waals surface area contributed by atoms with Crippen molar-refractivity contribution in [1.29, 1.82) is 0 Å². The molecule has 0 saturated carbocycles. The van der Waals surface area contributed by atoms with Crippen molar-refractivity contribution in [1.82, 2.24) is 15.3 Å². The van der Waals surface area contributed by atoms with Gasteiger partial charge in [0.25, 0.3) is 0 Å². The van der Waals surface area contributed by atoms with Gasteiger partial charge < -0.3 is 5.32 Å². The zero-order chi connectivity index (χ0) is 12.6. The van der Waals surface area contributed by atoms with Crippen LogP contribution in [0.5, 0.6) is 0 Å². The molecule has 4 nitrogen and oxygen atoms in total. The van der Waals surface area contributed by atoms with Crippen LogP contribution in [0.1, 0.15) is 18.2 Å². The number of alkyl halides is 3. The topological polar surface area (TPSA) is 54.9 Å². The highest BCUT2D eigenvalue weighted by Crippen LogP contribution is 2.33. The first-order chi connectivity index (χ1) is 7.88. The number of hydrogen-bond donors (Lipinski definition) is 1. The van der Waals surface area contributed by atoms with Gasteiger partial charge in [-0.05, 0) is 6.42 Å². The molecule has 0 spiro atoms. The van der Waals surface area contributed by atoms with E-state index in [1.807, 2.05) is 5.32 Å². The first-order valence-corrected chi connectivity index (χ1v) is 4.72. The molecule has 1 aliphatic heterocycles. The van der Waals surface area contributed by atoms with Crippen molar-refractivity contribution >= 4 is 5.91 Å². The van der Waals surface area contributed by atoms with Gasteiger partial charge >= 0.3 is 6.18 Å². The van der Waals surface area contributed by atoms with Crippen LogP contribution in [0.2, 0.25) is 0 Å². The van der Waals surface area contributed by atoms with Gasteiger partial charge in [0.05, 0.1) is 12.4 Å². The molecule has 1 aromatic heterocycles. The minimum absolute atomic E-state index is 0.101. The second-order valence-electron chi connectivity index (χ2n) is 3.65. The number of hydrogen-bond acceptors (Lipinski definition) is 3. The number of aromatic nitrogens is 2. The summed E-state index contributed by atoms with van der Waals surface area (Å²) in [5.74, 6) is -2.68. The van der Waals surface area contributed by atoms with Crippen molar-refractivity contribution < 1.29 is 22.4 Å². The normalized spacial score (nSPS) is 24.8. The van der Waals surface area contributed by atoms with E-state index >= 15 is 0 Å². The van der Waals surface area contributed by atoms with Gasteiger partial charge in [0, 0.05) is 0 Å². The summed E-state index contributed by atoms with van der Waals surface area (Å²) in [7, 11) is 0. The summed E-state index contributed by atoms with van der Waals surface area (Å²) in [4.78, 5) is 18.4. The van der Waals surface area contributed by atoms with Crippen LogP contribution in [0.3, 0.4) is 0 Å². The molecule has 17 heavy (non-hydrogen) atoms. The van der Waals surface area contributed by atoms with Crippen LogP contribution in [0.15, 0.2) is 12.4 Å². The summed E-state index contributed by atoms with van der Waals surface area (Å²) in [6.45, 7) is 0. The predicted molar refractivity (Wildman–Crippen MR) is 47.3 cm³/mol. The van der Waals surface area contributed by atoms with Gasteiger partial charge in [-0.25, -0.2) is 14.4 Å². The highest BCUT2D eigenvalue weighted by atomic mass is 19.4. The Morgan fingerprint density at radius 2 is 1.88 bits per heavy atom. The Bertz CT molecular complexity index is 431. The van der Waals surface area contributed by atoms with Crippen molar-refractivity contribution in [2.45, 2.75) is 24.6 Å². The van der Waals surface area contributed by atoms with Crippen LogP contribution in [0, 0.1) is 5.82 Å². The third-order valence-electron chi connectivity index (χ3n) is 2.45. The quantitative estimate of drug-likeness (QED) is 0.759. The molecule has 1 saturated heterocycles. The summed E-state index contributed by atoms with van der Waals surface area (Å²) in [5.41, 5.74) is 0. The van der Waals surface area contributed by atoms with Crippen molar-refractivity contribution in [3.8, 4) is 0 Å². The van der Waals surface area contributed by atoms with Crippen LogP contribution in [0.4, 0.5) is 17.6 Å². The fourth-order valence-corrected chi connectivity index (χ4v) is 1.61. The van der Waals surface area contributed by atoms with E-state index in [1.54, 1.807) is 0 Å². The largest absolute Gasteiger partial charge is 0.408 e. The standard InChI is InChI=1S/C9H7F4N3O/c10-4-2-14-7(15-3-4)5-1-6(9(11,12)13)16-8(5)17/h2-3,5-6H,1H2,(H,16,17). The molecule has 1 N–H and O–H groups in total. The van der Waals surface area contributed by atoms with Crippen molar-refractivity contribution in [2.75, 3.05) is 0 Å². The number of carbonyl (C=O) groups excluding carboxylic acids is 1. The van der Waals surface area contributed by atoms with E-state index in [0.29, 0.717) is 0 Å². The fourth-order valence-electron chi connectivity index (χ4n) is 1.61. The summed E-state index contributed by atoms with van der Waals surface area (Å²) >= 11 is 0. The predicted octanol–water partition coefficient (Wildman–Crippen LogP) is 1.15. The SMILES string of the molecule is O=C1NC(C(F)(F)F)CC1c1ncc(F)cn1. The minimum atomic E-state index is -4.50. The lowest BCUT2D eigenvalue weighted by Crippen LogP contribution is -2.38. The lowest BCUT2D eigenvalue weighted by atomic mass is 10.0. The van der Waals surface area contributed by atoms with Crippen molar-refractivity contribution in [2.24, 2.45) is 0 Å². The van der Waals surface area contributed by atoms with E-state index in [-0.39, 0.29) is 5.82 Å². The van der Waals surface area contributed by atoms with Gasteiger partial charge in [-0.15, -0.1) is 0 Å². The minimum Gasteiger partial charge on any atom is -0.344 e. The van der Waals surface area contributed by atoms with E-state index in [2.05, 4.69) is 9.97 Å². The molecule has 2 heterocycles. The Morgan fingerprint density at radius 3 is 2.35 bits per heavy atom. The summed E-state index contributed by atoms with van der Waals surface area (Å²) < 4.78 is 49.6. The number of nitrogens with zero attached hydrogens (tertiary/aromatic N) is 2. The van der Waals surface area contributed by atoms with Crippen LogP contribution < -0.4 is 5.32 Å². The van der Waals surface area contributed by atoms with E-state index in [9.17, 15) is 22.4 Å². The summed E-state index contributed by atoms with van der Waals surface area (Å²) in [5, 5.41) is 1.82. The van der Waals surface area contributed by atoms with Crippen LogP contribution >= 0.6 is 0 Å². The van der Waals surface area contributed by atoms with Gasteiger partial charge in [-0.2, -0.15) is 13.2 Å². The maximum atomic E-state index is 12.5. The monoisotopic (exact) mass is 249 g/mol. The molecule has 1 fully saturated rings. The highest BCUT2D eigenvalue weighted by molar-refractivity contribution is 5.85. The molecule has 2 atom stereocenters. The number of halogens is 4. The van der Waals surface area contributed by atoms with Crippen molar-refractivity contribution in [3.63, 3.8) is 0 Å². The number of rotatable bonds is 1. The average molecular weight is 249 g/mol. The first-order valence-electron chi connectivity index (χ1n) is 4.72. The molecular formula is C9H7F4N3O. The van der Waals surface area contributed by atoms with Crippen LogP contribution in [0.25, 0.3) is 0 Å². The molecule has 0 aromatic carbocycles. The molecular weight excluding hydrogens is 242 g/mol. The van der Waals surface area contributed by atoms with E-state index in [0.717, 1.165) is 12.4 Å². The highest BCUT2D eigenvalue weighted by Gasteiger charge is 2.48. The lowest BCUT2D eigenvalue weighted by Gasteiger charge is -2.13. The Kier molecular flexibility index (Phi) is 2.72. The van der Waals surface area contributed by atoms with E-state index < -0.39 is 36.3 Å². The molecule has 8 heteroatoms. The maximum Gasteiger partial charge on any atom is 0.408 e. The molecule has 2 unspecified atom stereocenters. The average Bonchev–Trinajstić information content (AvgIpc) is 2.61. The molecule has 0 radical (unpaired) electrons. The van der Waals surface area contributed by atoms with Crippen LogP contribution in [-0.4, -0.2) is 28.1 Å². The third-order valence-corrected chi connectivity index (χ3v) is 2.45. The van der Waals surface area contributed by atoms with E-state index in [4.69, 9.17) is 0 Å². The lowest BCUT2D eigenvalue weighted by molar-refractivity contribution is -0.154. The third kappa shape index (κ3) is 2.34. The second-order valence-corrected chi connectivity index (χ2v) is 3.65. The Balaban J connectivity index is 2.19. The van der Waals surface area contributed by atoms with Gasteiger partial charge in [0.15, 0.2) is 5.82 Å². The molecule has 1 aliphatic rings. The fraction of sp³-hybridized carbons (Fsp3) is 0.444.